The Kier molecular flexibility index (Phi) is 2.19. The normalized spacial score (nSPS) is 10.8. The van der Waals surface area contributed by atoms with Crippen molar-refractivity contribution in [3.05, 3.63) is 47.6 Å². The second-order valence-electron chi connectivity index (χ2n) is 3.57. The molecule has 0 saturated carbocycles. The highest BCUT2D eigenvalue weighted by atomic mass is 32.1. The Bertz CT molecular complexity index is 699. The van der Waals surface area contributed by atoms with E-state index in [0.717, 1.165) is 10.9 Å². The molecule has 2 aromatic heterocycles. The number of hydrogen-bond donors (Lipinski definition) is 1. The zero-order valence-electron chi connectivity index (χ0n) is 8.70. The van der Waals surface area contributed by atoms with E-state index < -0.39 is 5.97 Å². The summed E-state index contributed by atoms with van der Waals surface area (Å²) in [6.45, 7) is 0. The molecule has 3 aromatic rings. The standard InChI is InChI=1S/C12H8N2O2S/c15-11(16)9-7-17-12(13-9)14-6-5-8-3-1-2-4-10(8)14/h1-7H,(H,15,16). The first kappa shape index (κ1) is 10.0. The Hall–Kier alpha value is -2.14. The lowest BCUT2D eigenvalue weighted by atomic mass is 10.2. The first-order chi connectivity index (χ1) is 8.25. The van der Waals surface area contributed by atoms with Crippen LogP contribution in [0.1, 0.15) is 10.5 Å². The molecule has 0 unspecified atom stereocenters. The Morgan fingerprint density at radius 3 is 2.88 bits per heavy atom. The SMILES string of the molecule is O=C(O)c1csc(-n2ccc3ccccc32)n1. The van der Waals surface area contributed by atoms with Crippen LogP contribution in [-0.4, -0.2) is 20.6 Å². The first-order valence-corrected chi connectivity index (χ1v) is 5.89. The van der Waals surface area contributed by atoms with Crippen LogP contribution >= 0.6 is 11.3 Å². The summed E-state index contributed by atoms with van der Waals surface area (Å²) in [7, 11) is 0. The van der Waals surface area contributed by atoms with E-state index in [1.807, 2.05) is 41.1 Å². The number of para-hydroxylation sites is 1. The predicted molar refractivity (Wildman–Crippen MR) is 65.9 cm³/mol. The van der Waals surface area contributed by atoms with Gasteiger partial charge >= 0.3 is 5.97 Å². The fraction of sp³-hybridized carbons (Fsp3) is 0. The van der Waals surface area contributed by atoms with Crippen LogP contribution in [0, 0.1) is 0 Å². The topological polar surface area (TPSA) is 55.1 Å². The molecule has 0 aliphatic rings. The molecule has 0 atom stereocenters. The van der Waals surface area contributed by atoms with E-state index >= 15 is 0 Å². The van der Waals surface area contributed by atoms with E-state index in [2.05, 4.69) is 4.98 Å². The zero-order chi connectivity index (χ0) is 11.8. The second kappa shape index (κ2) is 3.71. The number of rotatable bonds is 2. The third-order valence-electron chi connectivity index (χ3n) is 2.52. The molecule has 17 heavy (non-hydrogen) atoms. The van der Waals surface area contributed by atoms with Gasteiger partial charge in [0.2, 0.25) is 0 Å². The molecule has 3 rings (SSSR count). The average molecular weight is 244 g/mol. The van der Waals surface area contributed by atoms with Gasteiger partial charge in [0, 0.05) is 17.0 Å². The second-order valence-corrected chi connectivity index (χ2v) is 4.40. The van der Waals surface area contributed by atoms with E-state index in [0.29, 0.717) is 5.13 Å². The summed E-state index contributed by atoms with van der Waals surface area (Å²) >= 11 is 1.32. The maximum atomic E-state index is 10.8. The molecular formula is C12H8N2O2S. The number of aromatic nitrogens is 2. The van der Waals surface area contributed by atoms with Crippen molar-refractivity contribution in [2.45, 2.75) is 0 Å². The van der Waals surface area contributed by atoms with Gasteiger partial charge in [0.25, 0.3) is 0 Å². The summed E-state index contributed by atoms with van der Waals surface area (Å²) in [5.41, 5.74) is 1.11. The molecule has 0 amide bonds. The molecule has 1 aromatic carbocycles. The van der Waals surface area contributed by atoms with Crippen LogP contribution in [-0.2, 0) is 0 Å². The minimum absolute atomic E-state index is 0.0859. The number of nitrogens with zero attached hydrogens (tertiary/aromatic N) is 2. The number of fused-ring (bicyclic) bond motifs is 1. The van der Waals surface area contributed by atoms with Gasteiger partial charge in [0.15, 0.2) is 10.8 Å². The molecule has 0 spiro atoms. The Morgan fingerprint density at radius 2 is 2.12 bits per heavy atom. The maximum Gasteiger partial charge on any atom is 0.355 e. The maximum absolute atomic E-state index is 10.8. The van der Waals surface area contributed by atoms with Crippen LogP contribution in [0.25, 0.3) is 16.0 Å². The molecule has 5 heteroatoms. The van der Waals surface area contributed by atoms with Gasteiger partial charge in [-0.2, -0.15) is 0 Å². The van der Waals surface area contributed by atoms with E-state index in [1.54, 1.807) is 5.38 Å². The van der Waals surface area contributed by atoms with Crippen LogP contribution < -0.4 is 0 Å². The predicted octanol–water partition coefficient (Wildman–Crippen LogP) is 2.79. The van der Waals surface area contributed by atoms with Crippen molar-refractivity contribution in [1.29, 1.82) is 0 Å². The quantitative estimate of drug-likeness (QED) is 0.754. The highest BCUT2D eigenvalue weighted by Gasteiger charge is 2.11. The van der Waals surface area contributed by atoms with Crippen molar-refractivity contribution >= 4 is 28.2 Å². The number of benzene rings is 1. The summed E-state index contributed by atoms with van der Waals surface area (Å²) in [5.74, 6) is -0.996. The summed E-state index contributed by atoms with van der Waals surface area (Å²) in [4.78, 5) is 14.9. The average Bonchev–Trinajstić information content (AvgIpc) is 2.95. The molecule has 1 N–H and O–H groups in total. The van der Waals surface area contributed by atoms with Crippen LogP contribution in [0.2, 0.25) is 0 Å². The van der Waals surface area contributed by atoms with Crippen LogP contribution in [0.15, 0.2) is 41.9 Å². The van der Waals surface area contributed by atoms with E-state index in [4.69, 9.17) is 5.11 Å². The highest BCUT2D eigenvalue weighted by molar-refractivity contribution is 7.12. The lowest BCUT2D eigenvalue weighted by molar-refractivity contribution is 0.0691. The summed E-state index contributed by atoms with van der Waals surface area (Å²) in [6.07, 6.45) is 1.90. The third kappa shape index (κ3) is 1.60. The van der Waals surface area contributed by atoms with Gasteiger partial charge in [-0.1, -0.05) is 18.2 Å². The summed E-state index contributed by atoms with van der Waals surface area (Å²) < 4.78 is 1.90. The number of carboxylic acids is 1. The van der Waals surface area contributed by atoms with Crippen molar-refractivity contribution in [2.75, 3.05) is 0 Å². The lowest BCUT2D eigenvalue weighted by Gasteiger charge is -1.99. The van der Waals surface area contributed by atoms with E-state index in [-0.39, 0.29) is 5.69 Å². The number of carboxylic acid groups (broad SMARTS) is 1. The third-order valence-corrected chi connectivity index (χ3v) is 3.36. The van der Waals surface area contributed by atoms with Crippen LogP contribution in [0.3, 0.4) is 0 Å². The van der Waals surface area contributed by atoms with Gasteiger partial charge in [0.1, 0.15) is 0 Å². The molecule has 84 valence electrons. The van der Waals surface area contributed by atoms with Gasteiger partial charge in [-0.3, -0.25) is 4.57 Å². The Morgan fingerprint density at radius 1 is 1.29 bits per heavy atom. The molecule has 4 nitrogen and oxygen atoms in total. The van der Waals surface area contributed by atoms with Gasteiger partial charge < -0.3 is 5.11 Å². The van der Waals surface area contributed by atoms with Crippen molar-refractivity contribution < 1.29 is 9.90 Å². The van der Waals surface area contributed by atoms with Crippen molar-refractivity contribution in [3.63, 3.8) is 0 Å². The van der Waals surface area contributed by atoms with Gasteiger partial charge in [-0.05, 0) is 12.1 Å². The Balaban J connectivity index is 2.17. The molecule has 2 heterocycles. The molecular weight excluding hydrogens is 236 g/mol. The van der Waals surface area contributed by atoms with Crippen LogP contribution in [0.5, 0.6) is 0 Å². The molecule has 0 aliphatic carbocycles. The number of aromatic carboxylic acids is 1. The van der Waals surface area contributed by atoms with Gasteiger partial charge in [-0.15, -0.1) is 11.3 Å². The molecule has 0 fully saturated rings. The van der Waals surface area contributed by atoms with Crippen molar-refractivity contribution in [1.82, 2.24) is 9.55 Å². The Labute approximate surface area is 101 Å². The number of thiazole rings is 1. The number of carbonyl (C=O) groups is 1. The summed E-state index contributed by atoms with van der Waals surface area (Å²) in [5, 5.41) is 12.2. The van der Waals surface area contributed by atoms with Gasteiger partial charge in [-0.25, -0.2) is 9.78 Å². The minimum Gasteiger partial charge on any atom is -0.476 e. The number of hydrogen-bond acceptors (Lipinski definition) is 3. The monoisotopic (exact) mass is 244 g/mol. The van der Waals surface area contributed by atoms with E-state index in [1.165, 1.54) is 11.3 Å². The van der Waals surface area contributed by atoms with Crippen molar-refractivity contribution in [2.24, 2.45) is 0 Å². The van der Waals surface area contributed by atoms with Crippen LogP contribution in [0.4, 0.5) is 0 Å². The molecule has 0 saturated heterocycles. The molecule has 0 bridgehead atoms. The smallest absolute Gasteiger partial charge is 0.355 e. The fourth-order valence-corrected chi connectivity index (χ4v) is 2.52. The minimum atomic E-state index is -0.996. The zero-order valence-corrected chi connectivity index (χ0v) is 9.52. The van der Waals surface area contributed by atoms with Gasteiger partial charge in [0.05, 0.1) is 5.52 Å². The largest absolute Gasteiger partial charge is 0.476 e. The van der Waals surface area contributed by atoms with E-state index in [9.17, 15) is 4.79 Å². The molecule has 0 radical (unpaired) electrons. The van der Waals surface area contributed by atoms with Crippen molar-refractivity contribution in [3.8, 4) is 5.13 Å². The first-order valence-electron chi connectivity index (χ1n) is 5.01. The summed E-state index contributed by atoms with van der Waals surface area (Å²) in [6, 6.07) is 9.90. The lowest BCUT2D eigenvalue weighted by Crippen LogP contribution is -1.98. The fourth-order valence-electron chi connectivity index (χ4n) is 1.72. The highest BCUT2D eigenvalue weighted by Crippen LogP contribution is 2.22. The molecule has 0 aliphatic heterocycles.